The van der Waals surface area contributed by atoms with Gasteiger partial charge in [0.25, 0.3) is 20.0 Å². The van der Waals surface area contributed by atoms with E-state index in [9.17, 15) is 24.4 Å². The second kappa shape index (κ2) is 29.5. The van der Waals surface area contributed by atoms with Crippen molar-refractivity contribution in [3.8, 4) is 28.7 Å². The van der Waals surface area contributed by atoms with Gasteiger partial charge < -0.3 is 43.4 Å². The summed E-state index contributed by atoms with van der Waals surface area (Å²) in [6.45, 7) is 10.3. The monoisotopic (exact) mass is 1200 g/mol. The number of imidazole rings is 1. The van der Waals surface area contributed by atoms with E-state index in [1.165, 1.54) is 6.33 Å². The smallest absolute Gasteiger partial charge is 0.407 e. The van der Waals surface area contributed by atoms with Crippen LogP contribution in [0.3, 0.4) is 0 Å². The highest BCUT2D eigenvalue weighted by Crippen LogP contribution is 2.49. The maximum atomic E-state index is 13.5. The number of hydrogen-bond donors (Lipinski definition) is 4. The maximum absolute atomic E-state index is 13.5. The predicted molar refractivity (Wildman–Crippen MR) is 331 cm³/mol. The van der Waals surface area contributed by atoms with Gasteiger partial charge in [0, 0.05) is 43.1 Å². The third-order valence-electron chi connectivity index (χ3n) is 14.9. The number of amides is 3. The molecular weight excluding hydrogens is 1130 g/mol. The molecule has 2 aromatic heterocycles. The van der Waals surface area contributed by atoms with Crippen molar-refractivity contribution in [1.29, 1.82) is 5.26 Å². The van der Waals surface area contributed by atoms with E-state index in [1.807, 2.05) is 110 Å². The number of carbonyl (C=O) groups excluding carboxylic acids is 3. The molecule has 21 heteroatoms. The van der Waals surface area contributed by atoms with Crippen LogP contribution in [-0.4, -0.2) is 107 Å². The summed E-state index contributed by atoms with van der Waals surface area (Å²) < 4.78 is 47.9. The molecule has 6 aromatic carbocycles. The number of carbonyl (C=O) groups is 3. The van der Waals surface area contributed by atoms with E-state index in [0.717, 1.165) is 44.5 Å². The Hall–Kier alpha value is -8.80. The van der Waals surface area contributed by atoms with Gasteiger partial charge in [-0.1, -0.05) is 115 Å². The van der Waals surface area contributed by atoms with Crippen molar-refractivity contribution in [2.45, 2.75) is 96.5 Å². The third kappa shape index (κ3) is 15.1. The van der Waals surface area contributed by atoms with E-state index >= 15 is 0 Å². The van der Waals surface area contributed by atoms with E-state index in [2.05, 4.69) is 93.6 Å². The number of methoxy groups -OCH3 is 2. The van der Waals surface area contributed by atoms with Gasteiger partial charge >= 0.3 is 6.09 Å². The minimum absolute atomic E-state index is 0.000946. The van der Waals surface area contributed by atoms with Crippen LogP contribution in [0.1, 0.15) is 97.1 Å². The highest BCUT2D eigenvalue weighted by atomic mass is 31.2. The van der Waals surface area contributed by atoms with Crippen molar-refractivity contribution in [2.75, 3.05) is 45.9 Å². The van der Waals surface area contributed by atoms with Crippen LogP contribution in [0, 0.1) is 11.3 Å². The van der Waals surface area contributed by atoms with Gasteiger partial charge in [0.2, 0.25) is 11.9 Å². The Balaban J connectivity index is 0.863. The minimum atomic E-state index is -1.74. The molecule has 1 aliphatic rings. The largest absolute Gasteiger partial charge is 0.497 e. The summed E-state index contributed by atoms with van der Waals surface area (Å²) >= 11 is 0. The molecule has 3 amide bonds. The van der Waals surface area contributed by atoms with Crippen molar-refractivity contribution in [1.82, 2.24) is 34.8 Å². The van der Waals surface area contributed by atoms with Gasteiger partial charge in [-0.2, -0.15) is 10.2 Å². The lowest BCUT2D eigenvalue weighted by Crippen LogP contribution is -2.41. The van der Waals surface area contributed by atoms with Crippen molar-refractivity contribution in [3.63, 3.8) is 0 Å². The number of alkyl carbamates (subject to hydrolysis) is 1. The molecule has 9 rings (SSSR count). The van der Waals surface area contributed by atoms with Crippen LogP contribution in [0.5, 0.6) is 11.5 Å². The SMILES string of the molecule is COc1ccc(C(OC[C@@H](OCn2cnc3c(=O)[nH]c(NC(=O)CCNC(=O)c4ccc(CNC(=O)OCC5c6ccccc6-c6ccccc65)cc4)nc32)C(C)OP(OCCC#N)N(C(C)C)C(C)C)(c2ccccc2)c2ccc(OC)cc2)cc1. The third-order valence-corrected chi connectivity index (χ3v) is 17.1. The van der Waals surface area contributed by atoms with Gasteiger partial charge in [-0.3, -0.25) is 29.3 Å². The number of H-pyrrole nitrogens is 1. The quantitative estimate of drug-likeness (QED) is 0.0194. The second-order valence-corrected chi connectivity index (χ2v) is 22.6. The maximum Gasteiger partial charge on any atom is 0.407 e. The molecule has 2 heterocycles. The molecule has 2 unspecified atom stereocenters. The Morgan fingerprint density at radius 3 is 1.97 bits per heavy atom. The Bertz CT molecular complexity index is 3610. The Morgan fingerprint density at radius 1 is 0.770 bits per heavy atom. The van der Waals surface area contributed by atoms with Gasteiger partial charge in [0.15, 0.2) is 11.2 Å². The molecule has 0 saturated heterocycles. The minimum Gasteiger partial charge on any atom is -0.497 e. The number of nitrogens with one attached hydrogen (secondary N) is 4. The van der Waals surface area contributed by atoms with Crippen LogP contribution in [0.25, 0.3) is 22.3 Å². The summed E-state index contributed by atoms with van der Waals surface area (Å²) in [4.78, 5) is 64.4. The van der Waals surface area contributed by atoms with E-state index in [-0.39, 0.29) is 87.6 Å². The second-order valence-electron chi connectivity index (χ2n) is 21.2. The van der Waals surface area contributed by atoms with Gasteiger partial charge in [-0.05, 0) is 116 Å². The number of ether oxygens (including phenoxy) is 5. The number of benzene rings is 6. The summed E-state index contributed by atoms with van der Waals surface area (Å²) in [6, 6.07) is 50.4. The van der Waals surface area contributed by atoms with Gasteiger partial charge in [0.05, 0.1) is 52.4 Å². The van der Waals surface area contributed by atoms with Crippen LogP contribution < -0.4 is 31.0 Å². The summed E-state index contributed by atoms with van der Waals surface area (Å²) in [5.41, 5.74) is 6.34. The standard InChI is InChI=1S/C66H72N9O11P/c1-43(2)75(44(3)4)87(85-37-15-35-67)86-45(5)58(40-84-66(48-16-9-8-10-17-48,49-26-30-51(80-6)31-27-49)50-28-32-52(81-7)33-29-50)83-42-74-41-70-60-61(74)72-64(73-63(60)78)71-59(76)34-36-68-62(77)47-24-22-46(23-25-47)38-69-65(79)82-39-57-55-20-13-11-18-53(55)54-19-12-14-21-56(54)57/h8-14,16-33,41,43-45,57-58H,15,34,36-40,42H2,1-7H3,(H,68,77)(H,69,79)(H2,71,72,73,76,78)/t45?,58-,87?/m1/s1. The summed E-state index contributed by atoms with van der Waals surface area (Å²) in [5, 5.41) is 17.7. The molecule has 0 fully saturated rings. The highest BCUT2D eigenvalue weighted by molar-refractivity contribution is 7.44. The normalized spacial score (nSPS) is 13.2. The lowest BCUT2D eigenvalue weighted by atomic mass is 9.80. The number of aromatic amines is 1. The fraction of sp³-hybridized carbons (Fsp3) is 0.318. The summed E-state index contributed by atoms with van der Waals surface area (Å²) in [7, 11) is 1.48. The number of rotatable bonds is 29. The number of hydrogen-bond acceptors (Lipinski definition) is 15. The van der Waals surface area contributed by atoms with Crippen LogP contribution in [-0.2, 0) is 46.9 Å². The summed E-state index contributed by atoms with van der Waals surface area (Å²) in [5.74, 6) is 0.184. The van der Waals surface area contributed by atoms with Gasteiger partial charge in [0.1, 0.15) is 36.5 Å². The lowest BCUT2D eigenvalue weighted by molar-refractivity contribution is -0.116. The van der Waals surface area contributed by atoms with Crippen LogP contribution in [0.4, 0.5) is 10.7 Å². The van der Waals surface area contributed by atoms with Crippen molar-refractivity contribution >= 4 is 43.5 Å². The van der Waals surface area contributed by atoms with E-state index in [4.69, 9.17) is 32.7 Å². The van der Waals surface area contributed by atoms with Crippen molar-refractivity contribution in [2.24, 2.45) is 0 Å². The van der Waals surface area contributed by atoms with Crippen LogP contribution >= 0.6 is 8.53 Å². The van der Waals surface area contributed by atoms with Crippen LogP contribution in [0.15, 0.2) is 163 Å². The molecule has 0 spiro atoms. The van der Waals surface area contributed by atoms with Crippen molar-refractivity contribution in [3.05, 3.63) is 207 Å². The number of fused-ring (bicyclic) bond motifs is 4. The zero-order valence-corrected chi connectivity index (χ0v) is 50.6. The first kappa shape index (κ1) is 62.7. The number of nitriles is 1. The van der Waals surface area contributed by atoms with Crippen molar-refractivity contribution < 1.29 is 47.1 Å². The molecular formula is C66H72N9O11P. The molecule has 452 valence electrons. The molecule has 1 aliphatic carbocycles. The number of nitrogens with zero attached hydrogens (tertiary/aromatic N) is 5. The van der Waals surface area contributed by atoms with Crippen LogP contribution in [0.2, 0.25) is 0 Å². The lowest BCUT2D eigenvalue weighted by Gasteiger charge is -2.40. The predicted octanol–water partition coefficient (Wildman–Crippen LogP) is 11.0. The van der Waals surface area contributed by atoms with Gasteiger partial charge in [-0.15, -0.1) is 0 Å². The topological polar surface area (TPSA) is 243 Å². The zero-order valence-electron chi connectivity index (χ0n) is 49.7. The first-order chi connectivity index (χ1) is 42.2. The first-order valence-electron chi connectivity index (χ1n) is 28.8. The Morgan fingerprint density at radius 2 is 1.37 bits per heavy atom. The number of aromatic nitrogens is 4. The Labute approximate surface area is 507 Å². The average Bonchev–Trinajstić information content (AvgIpc) is 2.25. The van der Waals surface area contributed by atoms with E-state index in [0.29, 0.717) is 17.1 Å². The Kier molecular flexibility index (Phi) is 21.3. The number of anilines is 1. The molecule has 20 nitrogen and oxygen atoms in total. The first-order valence-corrected chi connectivity index (χ1v) is 29.9. The van der Waals surface area contributed by atoms with Gasteiger partial charge in [-0.25, -0.2) is 14.4 Å². The molecule has 0 saturated carbocycles. The highest BCUT2D eigenvalue weighted by Gasteiger charge is 2.41. The fourth-order valence-electron chi connectivity index (χ4n) is 10.6. The van der Waals surface area contributed by atoms with E-state index < -0.39 is 49.8 Å². The average molecular weight is 1200 g/mol. The van der Waals surface area contributed by atoms with E-state index in [1.54, 1.807) is 43.1 Å². The molecule has 8 aromatic rings. The molecule has 3 atom stereocenters. The molecule has 0 aliphatic heterocycles. The molecule has 0 bridgehead atoms. The molecule has 87 heavy (non-hydrogen) atoms. The molecule has 0 radical (unpaired) electrons. The summed E-state index contributed by atoms with van der Waals surface area (Å²) in [6.07, 6.45) is -0.680. The fourth-order valence-corrected chi connectivity index (χ4v) is 12.3. The zero-order chi connectivity index (χ0) is 61.5. The molecule has 4 N–H and O–H groups in total.